The maximum absolute atomic E-state index is 12.6. The van der Waals surface area contributed by atoms with Crippen molar-refractivity contribution in [1.82, 2.24) is 14.5 Å². The Labute approximate surface area is 415 Å². The number of phenols is 1. The summed E-state index contributed by atoms with van der Waals surface area (Å²) in [7, 11) is 0. The first-order valence-corrected chi connectivity index (χ1v) is 23.5. The van der Waals surface area contributed by atoms with E-state index in [2.05, 4.69) is 227 Å². The number of hydrogen-bond acceptors (Lipinski definition) is 4. The fourth-order valence-electron chi connectivity index (χ4n) is 9.50. The smallest absolute Gasteiger partial charge is 0.148 e. The Morgan fingerprint density at radius 3 is 1.88 bits per heavy atom. The fraction of sp³-hybridized carbons (Fsp3) is 0.258. The molecule has 1 N–H and O–H groups in total. The number of aromatic hydroxyl groups is 1. The second-order valence-corrected chi connectivity index (χ2v) is 22.5. The van der Waals surface area contributed by atoms with E-state index < -0.39 is 0 Å². The summed E-state index contributed by atoms with van der Waals surface area (Å²) in [5.41, 5.74) is 14.2. The number of aromatic nitrogens is 3. The van der Waals surface area contributed by atoms with E-state index in [1.54, 1.807) is 0 Å². The van der Waals surface area contributed by atoms with Crippen LogP contribution in [-0.2, 0) is 42.7 Å². The van der Waals surface area contributed by atoms with Crippen LogP contribution in [0.4, 0.5) is 0 Å². The van der Waals surface area contributed by atoms with E-state index >= 15 is 0 Å². The zero-order valence-corrected chi connectivity index (χ0v) is 43.6. The summed E-state index contributed by atoms with van der Waals surface area (Å²) in [6, 6.07) is 51.3. The van der Waals surface area contributed by atoms with Crippen LogP contribution in [0.15, 0.2) is 144 Å². The van der Waals surface area contributed by atoms with Crippen molar-refractivity contribution >= 4 is 43.7 Å². The molecule has 0 atom stereocenters. The van der Waals surface area contributed by atoms with E-state index in [1.165, 1.54) is 5.56 Å². The molecular formula is C62H60N3O2Pt-. The molecule has 0 aliphatic carbocycles. The Morgan fingerprint density at radius 1 is 0.529 bits per heavy atom. The van der Waals surface area contributed by atoms with Gasteiger partial charge in [-0.15, -0.1) is 29.3 Å². The third-order valence-electron chi connectivity index (χ3n) is 13.5. The predicted octanol–water partition coefficient (Wildman–Crippen LogP) is 16.8. The summed E-state index contributed by atoms with van der Waals surface area (Å²) in [5.74, 6) is 0.915. The average Bonchev–Trinajstić information content (AvgIpc) is 3.87. The molecular weight excluding hydrogens is 1010 g/mol. The number of pyridine rings is 1. The van der Waals surface area contributed by atoms with E-state index in [0.29, 0.717) is 11.4 Å². The molecule has 5 nitrogen and oxygen atoms in total. The zero-order valence-electron chi connectivity index (χ0n) is 41.3. The SMILES string of the molecule is CC(C)(C)c1cc(-c2cccc3c2nc(-c2cc(C(C)(C)C)cc(C(C)(C)C)c2O)n3-c2ccc(C(C)(C)C)cc2-c2ccccc2)[c-]c(-c2nccc3c2oc2c4ccccc4ccc32)c1.[Pt]. The molecule has 0 amide bonds. The minimum Gasteiger partial charge on any atom is -0.507 e. The minimum absolute atomic E-state index is 0. The van der Waals surface area contributed by atoms with Gasteiger partial charge in [-0.25, -0.2) is 4.98 Å². The van der Waals surface area contributed by atoms with Crippen molar-refractivity contribution in [2.24, 2.45) is 0 Å². The first-order chi connectivity index (χ1) is 31.7. The van der Waals surface area contributed by atoms with Gasteiger partial charge in [-0.1, -0.05) is 179 Å². The Hall–Kier alpha value is -6.29. The first-order valence-electron chi connectivity index (χ1n) is 23.5. The maximum atomic E-state index is 12.6. The Morgan fingerprint density at radius 2 is 1.18 bits per heavy atom. The second kappa shape index (κ2) is 16.7. The minimum atomic E-state index is -0.339. The van der Waals surface area contributed by atoms with E-state index in [-0.39, 0.29) is 48.5 Å². The molecule has 0 spiro atoms. The molecule has 3 aromatic heterocycles. The molecule has 10 rings (SSSR count). The number of para-hydroxylation sites is 1. The molecule has 3 heterocycles. The first kappa shape index (κ1) is 46.8. The number of hydrogen-bond donors (Lipinski definition) is 1. The molecule has 68 heavy (non-hydrogen) atoms. The van der Waals surface area contributed by atoms with Crippen LogP contribution < -0.4 is 0 Å². The number of phenolic OH excluding ortho intramolecular Hbond substituents is 1. The van der Waals surface area contributed by atoms with Gasteiger partial charge in [0.25, 0.3) is 0 Å². The molecule has 346 valence electrons. The molecule has 0 aliphatic rings. The van der Waals surface area contributed by atoms with Gasteiger partial charge in [-0.2, -0.15) is 0 Å². The van der Waals surface area contributed by atoms with Gasteiger partial charge in [-0.05, 0) is 80.1 Å². The van der Waals surface area contributed by atoms with Crippen LogP contribution >= 0.6 is 0 Å². The standard InChI is InChI=1S/C62H60N3O2.Pt/c1-59(2,3)41-26-28-51(48(34-41)37-19-14-13-15-20-37)65-52-24-18-23-44(54(52)64-58(65)49-35-43(61(7,8)9)36-50(55(49)66)62(10,11)12)39-31-40(33-42(32-39)60(4,5)6)53-57-47(29-30-63-53)46-27-25-38-21-16-17-22-45(38)56(46)67-57;/h13-30,32-36,66H,1-12H3;/q-1;. The van der Waals surface area contributed by atoms with Crippen LogP contribution in [-0.4, -0.2) is 19.6 Å². The van der Waals surface area contributed by atoms with Gasteiger partial charge in [-0.3, -0.25) is 9.55 Å². The number of furan rings is 1. The van der Waals surface area contributed by atoms with E-state index in [1.807, 2.05) is 6.20 Å². The summed E-state index contributed by atoms with van der Waals surface area (Å²) >= 11 is 0. The van der Waals surface area contributed by atoms with Crippen molar-refractivity contribution in [3.8, 4) is 56.3 Å². The summed E-state index contributed by atoms with van der Waals surface area (Å²) < 4.78 is 9.12. The zero-order chi connectivity index (χ0) is 47.4. The summed E-state index contributed by atoms with van der Waals surface area (Å²) in [5, 5.41) is 16.9. The van der Waals surface area contributed by atoms with Crippen molar-refractivity contribution < 1.29 is 30.6 Å². The average molecular weight is 1070 g/mol. The van der Waals surface area contributed by atoms with Crippen LogP contribution in [0.3, 0.4) is 0 Å². The van der Waals surface area contributed by atoms with Gasteiger partial charge in [0.1, 0.15) is 22.7 Å². The largest absolute Gasteiger partial charge is 0.507 e. The molecule has 0 radical (unpaired) electrons. The van der Waals surface area contributed by atoms with Crippen molar-refractivity contribution in [3.63, 3.8) is 0 Å². The fourth-order valence-corrected chi connectivity index (χ4v) is 9.50. The van der Waals surface area contributed by atoms with Gasteiger partial charge in [0.2, 0.25) is 0 Å². The monoisotopic (exact) mass is 1070 g/mol. The molecule has 6 heteroatoms. The molecule has 7 aromatic carbocycles. The maximum Gasteiger partial charge on any atom is 0.148 e. The van der Waals surface area contributed by atoms with Crippen LogP contribution in [0.1, 0.15) is 105 Å². The van der Waals surface area contributed by atoms with Crippen molar-refractivity contribution in [2.75, 3.05) is 0 Å². The Kier molecular flexibility index (Phi) is 11.5. The quantitative estimate of drug-likeness (QED) is 0.174. The molecule has 0 unspecified atom stereocenters. The van der Waals surface area contributed by atoms with Gasteiger partial charge >= 0.3 is 0 Å². The summed E-state index contributed by atoms with van der Waals surface area (Å²) in [6.07, 6.45) is 1.88. The number of imidazole rings is 1. The molecule has 10 aromatic rings. The normalized spacial score (nSPS) is 12.6. The van der Waals surface area contributed by atoms with E-state index in [0.717, 1.165) is 99.6 Å². The van der Waals surface area contributed by atoms with E-state index in [9.17, 15) is 5.11 Å². The van der Waals surface area contributed by atoms with Crippen LogP contribution in [0.2, 0.25) is 0 Å². The molecule has 0 aliphatic heterocycles. The van der Waals surface area contributed by atoms with Crippen LogP contribution in [0.5, 0.6) is 5.75 Å². The van der Waals surface area contributed by atoms with Gasteiger partial charge in [0, 0.05) is 60.2 Å². The number of rotatable bonds is 5. The Bertz CT molecular complexity index is 3570. The molecule has 0 bridgehead atoms. The third kappa shape index (κ3) is 8.17. The van der Waals surface area contributed by atoms with Gasteiger partial charge in [0.05, 0.1) is 22.3 Å². The summed E-state index contributed by atoms with van der Waals surface area (Å²) in [4.78, 5) is 10.7. The number of nitrogens with zero attached hydrogens (tertiary/aromatic N) is 3. The summed E-state index contributed by atoms with van der Waals surface area (Å²) in [6.45, 7) is 26.7. The third-order valence-corrected chi connectivity index (χ3v) is 13.5. The molecule has 0 saturated heterocycles. The van der Waals surface area contributed by atoms with Crippen molar-refractivity contribution in [1.29, 1.82) is 0 Å². The van der Waals surface area contributed by atoms with Crippen LogP contribution in [0, 0.1) is 6.07 Å². The topological polar surface area (TPSA) is 64.1 Å². The van der Waals surface area contributed by atoms with E-state index in [4.69, 9.17) is 14.4 Å². The molecule has 0 saturated carbocycles. The number of fused-ring (bicyclic) bond motifs is 6. The van der Waals surface area contributed by atoms with Crippen molar-refractivity contribution in [2.45, 2.75) is 105 Å². The second-order valence-electron chi connectivity index (χ2n) is 22.5. The van der Waals surface area contributed by atoms with Gasteiger partial charge < -0.3 is 9.52 Å². The van der Waals surface area contributed by atoms with Gasteiger partial charge in [0.15, 0.2) is 0 Å². The Balaban J connectivity index is 0.00000578. The molecule has 0 fully saturated rings. The van der Waals surface area contributed by atoms with Crippen molar-refractivity contribution in [3.05, 3.63) is 168 Å². The number of benzene rings is 7. The van der Waals surface area contributed by atoms with Crippen LogP contribution in [0.25, 0.3) is 94.3 Å². The predicted molar refractivity (Wildman–Crippen MR) is 281 cm³/mol.